The van der Waals surface area contributed by atoms with Gasteiger partial charge in [-0.2, -0.15) is 0 Å². The van der Waals surface area contributed by atoms with Crippen LogP contribution in [-0.4, -0.2) is 66.9 Å². The Bertz CT molecular complexity index is 1320. The number of β-lactam (4-membered cyclic amide) rings is 1. The van der Waals surface area contributed by atoms with E-state index in [0.29, 0.717) is 22.8 Å². The summed E-state index contributed by atoms with van der Waals surface area (Å²) in [6.07, 6.45) is 6.90. The number of fused-ring (bicyclic) bond motifs is 1. The number of nitrogen functional groups attached to an aromatic ring is 1. The van der Waals surface area contributed by atoms with Crippen molar-refractivity contribution in [2.75, 3.05) is 11.5 Å². The number of hydrogen-bond acceptors (Lipinski definition) is 11. The molecule has 0 spiro atoms. The topological polar surface area (TPSA) is 173 Å². The van der Waals surface area contributed by atoms with Crippen molar-refractivity contribution in [3.05, 3.63) is 45.9 Å². The van der Waals surface area contributed by atoms with Crippen molar-refractivity contribution in [1.82, 2.24) is 20.4 Å². The lowest BCUT2D eigenvalue weighted by atomic mass is 10.0. The Hall–Kier alpha value is -3.65. The number of nitrogens with one attached hydrogen (secondary N) is 1. The van der Waals surface area contributed by atoms with E-state index in [1.807, 2.05) is 0 Å². The Balaban J connectivity index is 1.33. The lowest BCUT2D eigenvalue weighted by Gasteiger charge is -2.49. The molecule has 2 atom stereocenters. The number of thioether (sulfide) groups is 1. The number of aliphatic carboxylic acids is 1. The zero-order valence-corrected chi connectivity index (χ0v) is 21.4. The second-order valence-electron chi connectivity index (χ2n) is 8.77. The molecule has 1 saturated heterocycles. The quantitative estimate of drug-likeness (QED) is 0.254. The first-order valence-corrected chi connectivity index (χ1v) is 13.5. The van der Waals surface area contributed by atoms with Crippen molar-refractivity contribution >= 4 is 57.8 Å². The molecule has 1 aliphatic carbocycles. The van der Waals surface area contributed by atoms with E-state index in [-0.39, 0.29) is 28.3 Å². The molecule has 2 aromatic rings. The van der Waals surface area contributed by atoms with E-state index < -0.39 is 29.2 Å². The van der Waals surface area contributed by atoms with E-state index in [1.54, 1.807) is 30.5 Å². The number of carbonyl (C=O) groups is 3. The summed E-state index contributed by atoms with van der Waals surface area (Å²) in [5.41, 5.74) is 6.93. The van der Waals surface area contributed by atoms with Crippen LogP contribution in [0.2, 0.25) is 0 Å². The normalized spacial score (nSPS) is 22.4. The first kappa shape index (κ1) is 25.0. The molecule has 0 bridgehead atoms. The molecule has 37 heavy (non-hydrogen) atoms. The number of anilines is 1. The van der Waals surface area contributed by atoms with Gasteiger partial charge in [0.1, 0.15) is 28.9 Å². The van der Waals surface area contributed by atoms with Crippen molar-refractivity contribution in [2.24, 2.45) is 5.16 Å². The van der Waals surface area contributed by atoms with Gasteiger partial charge in [-0.05, 0) is 44.3 Å². The van der Waals surface area contributed by atoms with E-state index in [4.69, 9.17) is 15.1 Å². The highest BCUT2D eigenvalue weighted by molar-refractivity contribution is 8.00. The highest BCUT2D eigenvalue weighted by Gasteiger charge is 2.54. The SMILES string of the molecule is Cc1cc(/C=C/C2=C(C(=O)O)N3C(=O)C(NC(=O)/C(=N\OC4CCCC4)c4csc(N)n4)C3SC2)on1. The Morgan fingerprint density at radius 2 is 2.14 bits per heavy atom. The summed E-state index contributed by atoms with van der Waals surface area (Å²) in [4.78, 5) is 49.2. The number of nitrogens with zero attached hydrogens (tertiary/aromatic N) is 4. The van der Waals surface area contributed by atoms with Crippen LogP contribution in [0.25, 0.3) is 6.08 Å². The van der Waals surface area contributed by atoms with Crippen LogP contribution in [0, 0.1) is 6.92 Å². The predicted octanol–water partition coefficient (Wildman–Crippen LogP) is 2.14. The van der Waals surface area contributed by atoms with Gasteiger partial charge in [-0.1, -0.05) is 16.4 Å². The Labute approximate surface area is 219 Å². The second-order valence-corrected chi connectivity index (χ2v) is 10.8. The highest BCUT2D eigenvalue weighted by atomic mass is 32.2. The first-order chi connectivity index (χ1) is 17.8. The molecule has 2 unspecified atom stereocenters. The van der Waals surface area contributed by atoms with Gasteiger partial charge in [-0.15, -0.1) is 23.1 Å². The molecule has 2 amide bonds. The minimum atomic E-state index is -1.23. The van der Waals surface area contributed by atoms with Crippen LogP contribution < -0.4 is 11.1 Å². The number of nitrogens with two attached hydrogens (primary N) is 1. The van der Waals surface area contributed by atoms with Crippen LogP contribution in [0.15, 0.2) is 38.5 Å². The molecule has 2 aromatic heterocycles. The highest BCUT2D eigenvalue weighted by Crippen LogP contribution is 2.41. The number of carbonyl (C=O) groups excluding carboxylic acids is 2. The maximum absolute atomic E-state index is 13.2. The molecule has 0 radical (unpaired) electrons. The number of amides is 2. The molecule has 2 aliphatic heterocycles. The van der Waals surface area contributed by atoms with Crippen molar-refractivity contribution in [3.8, 4) is 0 Å². The number of aromatic nitrogens is 2. The molecule has 2 fully saturated rings. The summed E-state index contributed by atoms with van der Waals surface area (Å²) in [6, 6.07) is 0.782. The summed E-state index contributed by atoms with van der Waals surface area (Å²) < 4.78 is 5.13. The van der Waals surface area contributed by atoms with E-state index in [2.05, 4.69) is 20.6 Å². The van der Waals surface area contributed by atoms with Gasteiger partial charge in [0.2, 0.25) is 0 Å². The van der Waals surface area contributed by atoms with E-state index >= 15 is 0 Å². The average Bonchev–Trinajstić information content (AvgIpc) is 3.64. The molecule has 5 rings (SSSR count). The average molecular weight is 545 g/mol. The predicted molar refractivity (Wildman–Crippen MR) is 136 cm³/mol. The Kier molecular flexibility index (Phi) is 7.02. The lowest BCUT2D eigenvalue weighted by Crippen LogP contribution is -2.71. The molecule has 3 aliphatic rings. The summed E-state index contributed by atoms with van der Waals surface area (Å²) in [5.74, 6) is -1.62. The summed E-state index contributed by atoms with van der Waals surface area (Å²) in [6.45, 7) is 1.78. The molecule has 4 N–H and O–H groups in total. The van der Waals surface area contributed by atoms with Crippen molar-refractivity contribution in [1.29, 1.82) is 0 Å². The van der Waals surface area contributed by atoms with Crippen LogP contribution in [0.5, 0.6) is 0 Å². The fraction of sp³-hybridized carbons (Fsp3) is 0.391. The van der Waals surface area contributed by atoms with Gasteiger partial charge in [0, 0.05) is 17.2 Å². The molecule has 1 saturated carbocycles. The number of oxime groups is 1. The van der Waals surface area contributed by atoms with Crippen LogP contribution in [0.4, 0.5) is 5.13 Å². The fourth-order valence-corrected chi connectivity index (χ4v) is 6.21. The van der Waals surface area contributed by atoms with E-state index in [9.17, 15) is 19.5 Å². The third-order valence-corrected chi connectivity index (χ3v) is 8.13. The van der Waals surface area contributed by atoms with Crippen LogP contribution in [0.1, 0.15) is 42.8 Å². The number of carboxylic acid groups (broad SMARTS) is 1. The monoisotopic (exact) mass is 544 g/mol. The standard InChI is InChI=1S/C23H24N6O6S2/c1-11-8-14(35-27-11)7-6-12-9-36-21-17(20(31)29(21)18(12)22(32)33)26-19(30)16(15-10-37-23(24)25-15)28-34-13-4-2-3-5-13/h6-8,10,13,17,21H,2-5,9H2,1H3,(H2,24,25)(H,26,30)(H,32,33)/b7-6+,28-16-. The van der Waals surface area contributed by atoms with Gasteiger partial charge in [0.25, 0.3) is 11.8 Å². The second kappa shape index (κ2) is 10.4. The van der Waals surface area contributed by atoms with E-state index in [0.717, 1.165) is 37.0 Å². The zero-order valence-electron chi connectivity index (χ0n) is 19.7. The largest absolute Gasteiger partial charge is 0.477 e. The number of allylic oxidation sites excluding steroid dienone is 1. The van der Waals surface area contributed by atoms with E-state index in [1.165, 1.54) is 16.7 Å². The van der Waals surface area contributed by atoms with Crippen molar-refractivity contribution in [2.45, 2.75) is 50.1 Å². The van der Waals surface area contributed by atoms with Gasteiger partial charge < -0.3 is 25.5 Å². The first-order valence-electron chi connectivity index (χ1n) is 11.6. The fourth-order valence-electron chi connectivity index (χ4n) is 4.35. The number of aryl methyl sites for hydroxylation is 1. The van der Waals surface area contributed by atoms with Crippen molar-refractivity contribution < 1.29 is 28.9 Å². The van der Waals surface area contributed by atoms with Crippen LogP contribution in [-0.2, 0) is 19.2 Å². The molecule has 12 nitrogen and oxygen atoms in total. The minimum Gasteiger partial charge on any atom is -0.477 e. The smallest absolute Gasteiger partial charge is 0.352 e. The van der Waals surface area contributed by atoms with Crippen LogP contribution in [0.3, 0.4) is 0 Å². The number of carboxylic acids is 1. The lowest BCUT2D eigenvalue weighted by molar-refractivity contribution is -0.150. The molecule has 194 valence electrons. The maximum atomic E-state index is 13.2. The molecule has 4 heterocycles. The number of rotatable bonds is 8. The molecule has 14 heteroatoms. The summed E-state index contributed by atoms with van der Waals surface area (Å²) in [5, 5.41) is 21.7. The zero-order chi connectivity index (χ0) is 26.1. The summed E-state index contributed by atoms with van der Waals surface area (Å²) in [7, 11) is 0. The summed E-state index contributed by atoms with van der Waals surface area (Å²) >= 11 is 2.51. The van der Waals surface area contributed by atoms with Gasteiger partial charge in [0.15, 0.2) is 16.6 Å². The molecule has 0 aromatic carbocycles. The van der Waals surface area contributed by atoms with Crippen LogP contribution >= 0.6 is 23.1 Å². The molecular formula is C23H24N6O6S2. The Morgan fingerprint density at radius 3 is 2.78 bits per heavy atom. The Morgan fingerprint density at radius 1 is 1.35 bits per heavy atom. The van der Waals surface area contributed by atoms with Gasteiger partial charge in [0.05, 0.1) is 5.69 Å². The molecular weight excluding hydrogens is 520 g/mol. The van der Waals surface area contributed by atoms with Gasteiger partial charge in [-0.3, -0.25) is 14.5 Å². The minimum absolute atomic E-state index is 0.0770. The van der Waals surface area contributed by atoms with Crippen molar-refractivity contribution in [3.63, 3.8) is 0 Å². The number of thiazole rings is 1. The third kappa shape index (κ3) is 5.11. The number of hydrogen-bond donors (Lipinski definition) is 3. The van der Waals surface area contributed by atoms with Gasteiger partial charge >= 0.3 is 5.97 Å². The maximum Gasteiger partial charge on any atom is 0.352 e. The third-order valence-electron chi connectivity index (χ3n) is 6.16. The van der Waals surface area contributed by atoms with Gasteiger partial charge in [-0.25, -0.2) is 9.78 Å².